The maximum absolute atomic E-state index is 12.8. The Morgan fingerprint density at radius 2 is 2.20 bits per heavy atom. The molecule has 5 heteroatoms. The summed E-state index contributed by atoms with van der Waals surface area (Å²) in [6.07, 6.45) is 0.725. The summed E-state index contributed by atoms with van der Waals surface area (Å²) in [5.41, 5.74) is 1.03. The van der Waals surface area contributed by atoms with Crippen LogP contribution in [0.5, 0.6) is 0 Å². The third-order valence-corrected chi connectivity index (χ3v) is 3.63. The van der Waals surface area contributed by atoms with Crippen LogP contribution in [0.15, 0.2) is 24.3 Å². The van der Waals surface area contributed by atoms with Gasteiger partial charge in [-0.1, -0.05) is 12.1 Å². The Hall–Kier alpha value is -1.46. The minimum atomic E-state index is -0.231. The average Bonchev–Trinajstić information content (AvgIpc) is 2.44. The second kappa shape index (κ2) is 7.36. The molecule has 1 aliphatic rings. The number of rotatable bonds is 5. The summed E-state index contributed by atoms with van der Waals surface area (Å²) in [5.74, 6) is -0.175. The van der Waals surface area contributed by atoms with Crippen LogP contribution in [-0.4, -0.2) is 49.6 Å². The Labute approximate surface area is 119 Å². The average molecular weight is 279 g/mol. The number of carbonyl (C=O) groups excluding carboxylic acids is 1. The van der Waals surface area contributed by atoms with Gasteiger partial charge in [0.25, 0.3) is 0 Å². The van der Waals surface area contributed by atoms with E-state index in [0.717, 1.165) is 31.6 Å². The summed E-state index contributed by atoms with van der Waals surface area (Å²) in [6, 6.07) is 6.78. The van der Waals surface area contributed by atoms with Gasteiger partial charge in [-0.25, -0.2) is 4.39 Å². The number of hydrogen-bond donors (Lipinski definition) is 2. The summed E-state index contributed by atoms with van der Waals surface area (Å²) in [7, 11) is 0. The molecule has 0 aromatic heterocycles. The molecule has 0 saturated carbocycles. The van der Waals surface area contributed by atoms with Crippen molar-refractivity contribution in [1.82, 2.24) is 15.5 Å². The standard InChI is InChI=1S/C15H22FN3O/c1-12-10-17-8-9-19(12)11-15(20)18-7-6-13-2-4-14(16)5-3-13/h2-5,12,17H,6-11H2,1H3,(H,18,20)/t12-/m0/s1. The largest absolute Gasteiger partial charge is 0.355 e. The van der Waals surface area contributed by atoms with E-state index in [1.54, 1.807) is 12.1 Å². The molecule has 0 spiro atoms. The molecule has 1 saturated heterocycles. The predicted molar refractivity (Wildman–Crippen MR) is 77.0 cm³/mol. The van der Waals surface area contributed by atoms with Crippen LogP contribution in [0, 0.1) is 5.82 Å². The fraction of sp³-hybridized carbons (Fsp3) is 0.533. The van der Waals surface area contributed by atoms with E-state index in [1.807, 2.05) is 0 Å². The normalized spacial score (nSPS) is 19.8. The van der Waals surface area contributed by atoms with Crippen molar-refractivity contribution >= 4 is 5.91 Å². The lowest BCUT2D eigenvalue weighted by Gasteiger charge is -2.33. The summed E-state index contributed by atoms with van der Waals surface area (Å²) in [6.45, 7) is 5.94. The highest BCUT2D eigenvalue weighted by atomic mass is 19.1. The van der Waals surface area contributed by atoms with E-state index < -0.39 is 0 Å². The molecular formula is C15H22FN3O. The maximum atomic E-state index is 12.8. The fourth-order valence-electron chi connectivity index (χ4n) is 2.36. The molecule has 2 N–H and O–H groups in total. The molecule has 0 radical (unpaired) electrons. The molecule has 1 aliphatic heterocycles. The van der Waals surface area contributed by atoms with Crippen LogP contribution in [-0.2, 0) is 11.2 Å². The molecule has 4 nitrogen and oxygen atoms in total. The zero-order valence-electron chi connectivity index (χ0n) is 11.9. The lowest BCUT2D eigenvalue weighted by atomic mass is 10.1. The molecule has 1 fully saturated rings. The van der Waals surface area contributed by atoms with Crippen molar-refractivity contribution < 1.29 is 9.18 Å². The predicted octanol–water partition coefficient (Wildman–Crippen LogP) is 0.778. The molecule has 1 aromatic rings. The van der Waals surface area contributed by atoms with Crippen LogP contribution < -0.4 is 10.6 Å². The maximum Gasteiger partial charge on any atom is 0.234 e. The van der Waals surface area contributed by atoms with Gasteiger partial charge in [-0.3, -0.25) is 9.69 Å². The summed E-state index contributed by atoms with van der Waals surface area (Å²) in [4.78, 5) is 14.1. The summed E-state index contributed by atoms with van der Waals surface area (Å²) in [5, 5.41) is 6.22. The van der Waals surface area contributed by atoms with Gasteiger partial charge >= 0.3 is 0 Å². The van der Waals surface area contributed by atoms with E-state index in [9.17, 15) is 9.18 Å². The van der Waals surface area contributed by atoms with Crippen LogP contribution in [0.1, 0.15) is 12.5 Å². The van der Waals surface area contributed by atoms with Gasteiger partial charge in [-0.2, -0.15) is 0 Å². The highest BCUT2D eigenvalue weighted by Gasteiger charge is 2.19. The summed E-state index contributed by atoms with van der Waals surface area (Å²) < 4.78 is 12.8. The van der Waals surface area contributed by atoms with E-state index in [4.69, 9.17) is 0 Å². The first-order valence-electron chi connectivity index (χ1n) is 7.11. The molecule has 0 unspecified atom stereocenters. The molecule has 2 rings (SSSR count). The number of piperazine rings is 1. The first kappa shape index (κ1) is 14.9. The number of amides is 1. The van der Waals surface area contributed by atoms with Crippen molar-refractivity contribution in [3.05, 3.63) is 35.6 Å². The Morgan fingerprint density at radius 1 is 1.45 bits per heavy atom. The first-order valence-corrected chi connectivity index (χ1v) is 7.11. The van der Waals surface area contributed by atoms with Crippen LogP contribution in [0.2, 0.25) is 0 Å². The lowest BCUT2D eigenvalue weighted by molar-refractivity contribution is -0.122. The molecule has 0 aliphatic carbocycles. The minimum Gasteiger partial charge on any atom is -0.355 e. The number of nitrogens with zero attached hydrogens (tertiary/aromatic N) is 1. The lowest BCUT2D eigenvalue weighted by Crippen LogP contribution is -2.52. The van der Waals surface area contributed by atoms with Crippen molar-refractivity contribution in [2.45, 2.75) is 19.4 Å². The van der Waals surface area contributed by atoms with Gasteiger partial charge in [0.1, 0.15) is 5.82 Å². The van der Waals surface area contributed by atoms with E-state index in [0.29, 0.717) is 19.1 Å². The Balaban J connectivity index is 1.68. The molecule has 1 atom stereocenters. The zero-order valence-corrected chi connectivity index (χ0v) is 11.9. The topological polar surface area (TPSA) is 44.4 Å². The number of benzene rings is 1. The number of hydrogen-bond acceptors (Lipinski definition) is 3. The summed E-state index contributed by atoms with van der Waals surface area (Å²) >= 11 is 0. The Kier molecular flexibility index (Phi) is 5.49. The molecule has 20 heavy (non-hydrogen) atoms. The van der Waals surface area contributed by atoms with Crippen LogP contribution in [0.3, 0.4) is 0 Å². The van der Waals surface area contributed by atoms with E-state index >= 15 is 0 Å². The van der Waals surface area contributed by atoms with Gasteiger partial charge < -0.3 is 10.6 Å². The Morgan fingerprint density at radius 3 is 2.90 bits per heavy atom. The van der Waals surface area contributed by atoms with Crippen LogP contribution in [0.4, 0.5) is 4.39 Å². The van der Waals surface area contributed by atoms with Gasteiger partial charge in [0, 0.05) is 32.2 Å². The van der Waals surface area contributed by atoms with Crippen molar-refractivity contribution in [2.24, 2.45) is 0 Å². The van der Waals surface area contributed by atoms with Gasteiger partial charge in [-0.05, 0) is 31.0 Å². The fourth-order valence-corrected chi connectivity index (χ4v) is 2.36. The highest BCUT2D eigenvalue weighted by molar-refractivity contribution is 5.78. The minimum absolute atomic E-state index is 0.0564. The van der Waals surface area contributed by atoms with Gasteiger partial charge in [0.2, 0.25) is 5.91 Å². The highest BCUT2D eigenvalue weighted by Crippen LogP contribution is 2.03. The molecular weight excluding hydrogens is 257 g/mol. The Bertz CT molecular complexity index is 435. The van der Waals surface area contributed by atoms with Crippen molar-refractivity contribution in [1.29, 1.82) is 0 Å². The molecule has 1 amide bonds. The van der Waals surface area contributed by atoms with Gasteiger partial charge in [0.05, 0.1) is 6.54 Å². The SMILES string of the molecule is C[C@H]1CNCCN1CC(=O)NCCc1ccc(F)cc1. The third kappa shape index (κ3) is 4.58. The molecule has 1 aromatic carbocycles. The molecule has 110 valence electrons. The monoisotopic (exact) mass is 279 g/mol. The molecule has 0 bridgehead atoms. The van der Waals surface area contributed by atoms with Gasteiger partial charge in [0.15, 0.2) is 0 Å². The molecule has 1 heterocycles. The van der Waals surface area contributed by atoms with Crippen LogP contribution >= 0.6 is 0 Å². The van der Waals surface area contributed by atoms with E-state index in [1.165, 1.54) is 12.1 Å². The second-order valence-corrected chi connectivity index (χ2v) is 5.25. The van der Waals surface area contributed by atoms with Crippen LogP contribution in [0.25, 0.3) is 0 Å². The van der Waals surface area contributed by atoms with E-state index in [2.05, 4.69) is 22.5 Å². The smallest absolute Gasteiger partial charge is 0.234 e. The number of nitrogens with one attached hydrogen (secondary N) is 2. The van der Waals surface area contributed by atoms with Crippen molar-refractivity contribution in [3.63, 3.8) is 0 Å². The van der Waals surface area contributed by atoms with Crippen molar-refractivity contribution in [2.75, 3.05) is 32.7 Å². The number of carbonyl (C=O) groups is 1. The third-order valence-electron chi connectivity index (χ3n) is 3.63. The van der Waals surface area contributed by atoms with Gasteiger partial charge in [-0.15, -0.1) is 0 Å². The quantitative estimate of drug-likeness (QED) is 0.837. The second-order valence-electron chi connectivity index (χ2n) is 5.25. The van der Waals surface area contributed by atoms with E-state index in [-0.39, 0.29) is 11.7 Å². The first-order chi connectivity index (χ1) is 9.65. The number of halogens is 1. The van der Waals surface area contributed by atoms with Crippen molar-refractivity contribution in [3.8, 4) is 0 Å². The zero-order chi connectivity index (χ0) is 14.4.